The number of ether oxygens (including phenoxy) is 3. The second-order valence-corrected chi connectivity index (χ2v) is 11.0. The number of alkyl halides is 2. The van der Waals surface area contributed by atoms with Crippen LogP contribution in [0.2, 0.25) is 0 Å². The summed E-state index contributed by atoms with van der Waals surface area (Å²) in [5.74, 6) is -2.77. The highest BCUT2D eigenvalue weighted by molar-refractivity contribution is 7.88. The molecule has 0 spiro atoms. The molecular formula is C25H33F2NO7S. The van der Waals surface area contributed by atoms with E-state index < -0.39 is 39.1 Å². The lowest BCUT2D eigenvalue weighted by atomic mass is 9.91. The molecule has 0 bridgehead atoms. The number of hydrogen-bond donors (Lipinski definition) is 0. The van der Waals surface area contributed by atoms with Gasteiger partial charge in [-0.3, -0.25) is 8.98 Å². The molecule has 0 atom stereocenters. The largest absolute Gasteiger partial charge is 0.447 e. The number of fused-ring (bicyclic) bond motifs is 1. The maximum absolute atomic E-state index is 14.6. The SMILES string of the molecule is CCN(CC)C(=O)C(F)(F)S(=O)(=O)OCC1(COCc2ccc3ccccc3c2)COC(C)(C)OC1. The van der Waals surface area contributed by atoms with Gasteiger partial charge in [0.05, 0.1) is 38.4 Å². The molecule has 1 heterocycles. The molecule has 2 aromatic rings. The molecule has 3 rings (SSSR count). The first kappa shape index (κ1) is 28.4. The third-order valence-electron chi connectivity index (χ3n) is 6.08. The maximum atomic E-state index is 14.6. The van der Waals surface area contributed by atoms with Gasteiger partial charge < -0.3 is 19.1 Å². The topological polar surface area (TPSA) is 91.4 Å². The fourth-order valence-electron chi connectivity index (χ4n) is 3.74. The zero-order chi connectivity index (χ0) is 26.6. The highest BCUT2D eigenvalue weighted by Crippen LogP contribution is 2.34. The average molecular weight is 530 g/mol. The lowest BCUT2D eigenvalue weighted by Gasteiger charge is -2.42. The van der Waals surface area contributed by atoms with E-state index in [4.69, 9.17) is 18.4 Å². The minimum atomic E-state index is -5.58. The van der Waals surface area contributed by atoms with Crippen molar-refractivity contribution in [2.45, 2.75) is 45.3 Å². The minimum Gasteiger partial charge on any atom is -0.376 e. The van der Waals surface area contributed by atoms with E-state index in [1.54, 1.807) is 13.8 Å². The zero-order valence-corrected chi connectivity index (χ0v) is 21.8. The molecule has 0 aliphatic carbocycles. The number of carbonyl (C=O) groups excluding carboxylic acids is 1. The molecule has 36 heavy (non-hydrogen) atoms. The first-order valence-electron chi connectivity index (χ1n) is 11.7. The summed E-state index contributed by atoms with van der Waals surface area (Å²) in [4.78, 5) is 12.9. The van der Waals surface area contributed by atoms with Crippen molar-refractivity contribution >= 4 is 26.8 Å². The van der Waals surface area contributed by atoms with E-state index in [0.29, 0.717) is 0 Å². The fraction of sp³-hybridized carbons (Fsp3) is 0.560. The molecule has 2 aromatic carbocycles. The molecule has 0 N–H and O–H groups in total. The van der Waals surface area contributed by atoms with Crippen LogP contribution in [0.1, 0.15) is 33.3 Å². The van der Waals surface area contributed by atoms with Gasteiger partial charge in [-0.2, -0.15) is 17.2 Å². The van der Waals surface area contributed by atoms with Crippen LogP contribution < -0.4 is 0 Å². The van der Waals surface area contributed by atoms with Crippen molar-refractivity contribution in [3.63, 3.8) is 0 Å². The third-order valence-corrected chi connectivity index (χ3v) is 7.31. The third kappa shape index (κ3) is 6.38. The van der Waals surface area contributed by atoms with Gasteiger partial charge in [0, 0.05) is 13.1 Å². The van der Waals surface area contributed by atoms with Crippen molar-refractivity contribution in [3.8, 4) is 0 Å². The summed E-state index contributed by atoms with van der Waals surface area (Å²) in [5.41, 5.74) is -0.306. The Morgan fingerprint density at radius 1 is 1.03 bits per heavy atom. The van der Waals surface area contributed by atoms with Crippen LogP contribution in [0.25, 0.3) is 10.8 Å². The lowest BCUT2D eigenvalue weighted by Crippen LogP contribution is -2.53. The summed E-state index contributed by atoms with van der Waals surface area (Å²) in [6.45, 7) is 5.49. The average Bonchev–Trinajstić information content (AvgIpc) is 2.85. The van der Waals surface area contributed by atoms with Crippen molar-refractivity contribution in [3.05, 3.63) is 48.0 Å². The summed E-state index contributed by atoms with van der Waals surface area (Å²) in [7, 11) is -5.58. The van der Waals surface area contributed by atoms with Crippen LogP contribution in [0.5, 0.6) is 0 Å². The molecule has 0 radical (unpaired) electrons. The van der Waals surface area contributed by atoms with E-state index in [1.807, 2.05) is 42.5 Å². The Morgan fingerprint density at radius 3 is 2.25 bits per heavy atom. The van der Waals surface area contributed by atoms with Crippen molar-refractivity contribution in [1.29, 1.82) is 0 Å². The number of nitrogens with zero attached hydrogens (tertiary/aromatic N) is 1. The van der Waals surface area contributed by atoms with Crippen molar-refractivity contribution < 1.29 is 40.4 Å². The molecule has 1 aliphatic rings. The van der Waals surface area contributed by atoms with Gasteiger partial charge in [-0.1, -0.05) is 36.4 Å². The van der Waals surface area contributed by atoms with E-state index >= 15 is 0 Å². The van der Waals surface area contributed by atoms with Crippen LogP contribution in [0.15, 0.2) is 42.5 Å². The van der Waals surface area contributed by atoms with Crippen LogP contribution in [-0.4, -0.2) is 69.8 Å². The molecule has 1 fully saturated rings. The van der Waals surface area contributed by atoms with Crippen LogP contribution in [0.4, 0.5) is 8.78 Å². The summed E-state index contributed by atoms with van der Waals surface area (Å²) in [6.07, 6.45) is 0. The normalized spacial score (nSPS) is 17.7. The van der Waals surface area contributed by atoms with Gasteiger partial charge >= 0.3 is 21.3 Å². The summed E-state index contributed by atoms with van der Waals surface area (Å²) < 4.78 is 76.0. The molecule has 1 saturated heterocycles. The molecule has 200 valence electrons. The first-order chi connectivity index (χ1) is 16.8. The number of hydrogen-bond acceptors (Lipinski definition) is 7. The number of carbonyl (C=O) groups is 1. The van der Waals surface area contributed by atoms with Crippen LogP contribution >= 0.6 is 0 Å². The number of rotatable bonds is 11. The molecule has 0 saturated carbocycles. The smallest absolute Gasteiger partial charge is 0.376 e. The molecular weight excluding hydrogens is 496 g/mol. The second-order valence-electron chi connectivity index (χ2n) is 9.36. The summed E-state index contributed by atoms with van der Waals surface area (Å²) in [6, 6.07) is 13.7. The zero-order valence-electron chi connectivity index (χ0n) is 21.0. The number of amides is 1. The summed E-state index contributed by atoms with van der Waals surface area (Å²) >= 11 is 0. The van der Waals surface area contributed by atoms with Gasteiger partial charge in [-0.15, -0.1) is 0 Å². The lowest BCUT2D eigenvalue weighted by molar-refractivity contribution is -0.296. The number of benzene rings is 2. The minimum absolute atomic E-state index is 0.0528. The van der Waals surface area contributed by atoms with E-state index in [-0.39, 0.29) is 39.5 Å². The Morgan fingerprint density at radius 2 is 1.64 bits per heavy atom. The Balaban J connectivity index is 1.71. The standard InChI is InChI=1S/C25H33F2NO7S/c1-5-28(6-2)22(29)25(26,27)36(30,31)35-18-24(16-33-23(3,4)34-17-24)15-32-14-19-11-12-20-9-7-8-10-21(20)13-19/h7-13H,5-6,14-18H2,1-4H3. The van der Waals surface area contributed by atoms with Crippen molar-refractivity contribution in [2.75, 3.05) is 39.5 Å². The quantitative estimate of drug-likeness (QED) is 0.407. The first-order valence-corrected chi connectivity index (χ1v) is 13.1. The van der Waals surface area contributed by atoms with Gasteiger partial charge in [0.1, 0.15) is 0 Å². The summed E-state index contributed by atoms with van der Waals surface area (Å²) in [5, 5.41) is -2.62. The molecule has 1 aliphatic heterocycles. The Labute approximate surface area is 210 Å². The highest BCUT2D eigenvalue weighted by Gasteiger charge is 2.56. The van der Waals surface area contributed by atoms with E-state index in [2.05, 4.69) is 0 Å². The monoisotopic (exact) mass is 529 g/mol. The fourth-order valence-corrected chi connectivity index (χ4v) is 4.63. The van der Waals surface area contributed by atoms with Crippen LogP contribution in [-0.2, 0) is 39.9 Å². The predicted octanol–water partition coefficient (Wildman–Crippen LogP) is 3.93. The van der Waals surface area contributed by atoms with Gasteiger partial charge in [-0.05, 0) is 50.1 Å². The van der Waals surface area contributed by atoms with Gasteiger partial charge in [0.2, 0.25) is 0 Å². The van der Waals surface area contributed by atoms with E-state index in [9.17, 15) is 22.0 Å². The molecule has 0 aromatic heterocycles. The second kappa shape index (κ2) is 11.1. The Bertz CT molecular complexity index is 1160. The number of halogens is 2. The maximum Gasteiger partial charge on any atom is 0.447 e. The van der Waals surface area contributed by atoms with Gasteiger partial charge in [0.15, 0.2) is 5.79 Å². The van der Waals surface area contributed by atoms with E-state index in [0.717, 1.165) is 21.2 Å². The van der Waals surface area contributed by atoms with Gasteiger partial charge in [-0.25, -0.2) is 0 Å². The molecule has 8 nitrogen and oxygen atoms in total. The molecule has 0 unspecified atom stereocenters. The predicted molar refractivity (Wildman–Crippen MR) is 130 cm³/mol. The van der Waals surface area contributed by atoms with Gasteiger partial charge in [0.25, 0.3) is 0 Å². The van der Waals surface area contributed by atoms with Crippen molar-refractivity contribution in [1.82, 2.24) is 4.90 Å². The van der Waals surface area contributed by atoms with Crippen LogP contribution in [0.3, 0.4) is 0 Å². The highest BCUT2D eigenvalue weighted by atomic mass is 32.2. The van der Waals surface area contributed by atoms with Crippen LogP contribution in [0, 0.1) is 5.41 Å². The molecule has 1 amide bonds. The Kier molecular flexibility index (Phi) is 8.72. The van der Waals surface area contributed by atoms with E-state index in [1.165, 1.54) is 13.8 Å². The molecule has 11 heteroatoms. The Hall–Kier alpha value is -2.18. The van der Waals surface area contributed by atoms with Crippen molar-refractivity contribution in [2.24, 2.45) is 5.41 Å².